The minimum Gasteiger partial charge on any atom is -0.394 e. The summed E-state index contributed by atoms with van der Waals surface area (Å²) in [6.07, 6.45) is 5.56. The van der Waals surface area contributed by atoms with Crippen molar-refractivity contribution in [3.8, 4) is 5.69 Å². The fourth-order valence-corrected chi connectivity index (χ4v) is 2.97. The second-order valence-corrected chi connectivity index (χ2v) is 5.79. The van der Waals surface area contributed by atoms with Crippen LogP contribution < -0.4 is 5.32 Å². The summed E-state index contributed by atoms with van der Waals surface area (Å²) < 4.78 is 1.90. The quantitative estimate of drug-likeness (QED) is 0.913. The van der Waals surface area contributed by atoms with Gasteiger partial charge in [0.15, 0.2) is 0 Å². The normalized spacial score (nSPS) is 17.7. The number of urea groups is 1. The number of carbonyl (C=O) groups excluding carboxylic acids is 1. The number of aromatic nitrogens is 1. The predicted molar refractivity (Wildman–Crippen MR) is 86.6 cm³/mol. The second kappa shape index (κ2) is 6.42. The van der Waals surface area contributed by atoms with Crippen molar-refractivity contribution in [3.63, 3.8) is 0 Å². The summed E-state index contributed by atoms with van der Waals surface area (Å²) >= 11 is 6.07. The maximum absolute atomic E-state index is 12.5. The van der Waals surface area contributed by atoms with Gasteiger partial charge in [-0.1, -0.05) is 11.6 Å². The molecule has 1 aliphatic heterocycles. The lowest BCUT2D eigenvalue weighted by Crippen LogP contribution is -2.40. The molecule has 0 saturated carbocycles. The third-order valence-corrected chi connectivity index (χ3v) is 4.17. The van der Waals surface area contributed by atoms with Crippen molar-refractivity contribution in [2.24, 2.45) is 0 Å². The molecule has 1 saturated heterocycles. The average molecular weight is 320 g/mol. The fraction of sp³-hybridized carbons (Fsp3) is 0.312. The van der Waals surface area contributed by atoms with E-state index in [4.69, 9.17) is 11.6 Å². The summed E-state index contributed by atoms with van der Waals surface area (Å²) in [5.74, 6) is 0. The Morgan fingerprint density at radius 2 is 2.14 bits per heavy atom. The monoisotopic (exact) mass is 319 g/mol. The van der Waals surface area contributed by atoms with Crippen LogP contribution in [0.1, 0.15) is 12.8 Å². The number of nitrogens with one attached hydrogen (secondary N) is 1. The maximum Gasteiger partial charge on any atom is 0.322 e. The molecule has 0 unspecified atom stereocenters. The maximum atomic E-state index is 12.5. The van der Waals surface area contributed by atoms with Gasteiger partial charge < -0.3 is 19.9 Å². The molecule has 2 aromatic rings. The highest BCUT2D eigenvalue weighted by Crippen LogP contribution is 2.26. The fourth-order valence-electron chi connectivity index (χ4n) is 2.80. The van der Waals surface area contributed by atoms with E-state index < -0.39 is 0 Å². The zero-order valence-electron chi connectivity index (χ0n) is 12.1. The van der Waals surface area contributed by atoms with E-state index in [9.17, 15) is 9.90 Å². The minimum absolute atomic E-state index is 0.00149. The van der Waals surface area contributed by atoms with E-state index in [-0.39, 0.29) is 18.7 Å². The van der Waals surface area contributed by atoms with Crippen molar-refractivity contribution >= 4 is 23.3 Å². The van der Waals surface area contributed by atoms with Gasteiger partial charge in [-0.25, -0.2) is 4.79 Å². The number of aliphatic hydroxyl groups is 1. The number of halogens is 1. The summed E-state index contributed by atoms with van der Waals surface area (Å²) in [6, 6.07) is 8.89. The van der Waals surface area contributed by atoms with Gasteiger partial charge in [0.25, 0.3) is 0 Å². The smallest absolute Gasteiger partial charge is 0.322 e. The SMILES string of the molecule is O=C(Nc1ccc(Cl)cc1-n1cccc1)N1CCC[C@@H]1CO. The molecule has 1 aliphatic rings. The molecule has 1 aromatic heterocycles. The van der Waals surface area contributed by atoms with Crippen LogP contribution in [0.3, 0.4) is 0 Å². The number of anilines is 1. The lowest BCUT2D eigenvalue weighted by Gasteiger charge is -2.24. The molecule has 1 fully saturated rings. The van der Waals surface area contributed by atoms with E-state index in [2.05, 4.69) is 5.32 Å². The molecule has 0 aliphatic carbocycles. The van der Waals surface area contributed by atoms with Gasteiger partial charge in [0.05, 0.1) is 24.0 Å². The van der Waals surface area contributed by atoms with Crippen LogP contribution >= 0.6 is 11.6 Å². The van der Waals surface area contributed by atoms with Crippen molar-refractivity contribution in [1.29, 1.82) is 0 Å². The first kappa shape index (κ1) is 14.9. The molecular weight excluding hydrogens is 302 g/mol. The highest BCUT2D eigenvalue weighted by molar-refractivity contribution is 6.30. The molecule has 2 heterocycles. The highest BCUT2D eigenvalue weighted by Gasteiger charge is 2.28. The first-order valence-electron chi connectivity index (χ1n) is 7.30. The Bertz CT molecular complexity index is 657. The number of carbonyl (C=O) groups is 1. The van der Waals surface area contributed by atoms with Crippen molar-refractivity contribution in [1.82, 2.24) is 9.47 Å². The van der Waals surface area contributed by atoms with Crippen LogP contribution in [0.15, 0.2) is 42.7 Å². The molecule has 5 nitrogen and oxygen atoms in total. The number of nitrogens with zero attached hydrogens (tertiary/aromatic N) is 2. The summed E-state index contributed by atoms with van der Waals surface area (Å²) in [5, 5.41) is 12.9. The first-order valence-corrected chi connectivity index (χ1v) is 7.68. The molecule has 2 amide bonds. The highest BCUT2D eigenvalue weighted by atomic mass is 35.5. The predicted octanol–water partition coefficient (Wildman–Crippen LogP) is 3.12. The molecule has 1 aromatic carbocycles. The van der Waals surface area contributed by atoms with Gasteiger partial charge in [-0.15, -0.1) is 0 Å². The standard InChI is InChI=1S/C16H18ClN3O2/c17-12-5-6-14(15(10-12)19-7-1-2-8-19)18-16(22)20-9-3-4-13(20)11-21/h1-2,5-8,10,13,21H,3-4,9,11H2,(H,18,22)/t13-/m1/s1. The summed E-state index contributed by atoms with van der Waals surface area (Å²) in [7, 11) is 0. The minimum atomic E-state index is -0.188. The van der Waals surface area contributed by atoms with Crippen molar-refractivity contribution in [2.45, 2.75) is 18.9 Å². The Labute approximate surface area is 134 Å². The van der Waals surface area contributed by atoms with Gasteiger partial charge in [0, 0.05) is 24.0 Å². The van der Waals surface area contributed by atoms with E-state index in [0.29, 0.717) is 17.3 Å². The Morgan fingerprint density at radius 1 is 1.36 bits per heavy atom. The number of amides is 2. The number of rotatable bonds is 3. The van der Waals surface area contributed by atoms with Gasteiger partial charge >= 0.3 is 6.03 Å². The first-order chi connectivity index (χ1) is 10.7. The summed E-state index contributed by atoms with van der Waals surface area (Å²) in [4.78, 5) is 14.1. The molecule has 1 atom stereocenters. The number of benzene rings is 1. The number of likely N-dealkylation sites (tertiary alicyclic amines) is 1. The van der Waals surface area contributed by atoms with Crippen LogP contribution in [0.2, 0.25) is 5.02 Å². The van der Waals surface area contributed by atoms with E-state index in [0.717, 1.165) is 18.5 Å². The zero-order valence-corrected chi connectivity index (χ0v) is 12.8. The van der Waals surface area contributed by atoms with E-state index >= 15 is 0 Å². The van der Waals surface area contributed by atoms with Gasteiger partial charge in [0.1, 0.15) is 0 Å². The van der Waals surface area contributed by atoms with Crippen LogP contribution in [-0.4, -0.2) is 39.8 Å². The molecule has 0 spiro atoms. The van der Waals surface area contributed by atoms with Crippen molar-refractivity contribution < 1.29 is 9.90 Å². The van der Waals surface area contributed by atoms with Crippen molar-refractivity contribution in [3.05, 3.63) is 47.7 Å². The summed E-state index contributed by atoms with van der Waals surface area (Å²) in [6.45, 7) is 0.669. The molecule has 22 heavy (non-hydrogen) atoms. The number of hydrogen-bond acceptors (Lipinski definition) is 2. The molecule has 116 valence electrons. The van der Waals surface area contributed by atoms with Crippen molar-refractivity contribution in [2.75, 3.05) is 18.5 Å². The van der Waals surface area contributed by atoms with Crippen LogP contribution in [0.25, 0.3) is 5.69 Å². The van der Waals surface area contributed by atoms with E-state index in [1.165, 1.54) is 0 Å². The Kier molecular flexibility index (Phi) is 4.36. The molecule has 6 heteroatoms. The van der Waals surface area contributed by atoms with Gasteiger partial charge in [0.2, 0.25) is 0 Å². The van der Waals surface area contributed by atoms with Crippen LogP contribution in [0.4, 0.5) is 10.5 Å². The van der Waals surface area contributed by atoms with E-state index in [1.807, 2.05) is 35.2 Å². The third-order valence-electron chi connectivity index (χ3n) is 3.93. The third kappa shape index (κ3) is 2.96. The Hall–Kier alpha value is -1.98. The molecule has 0 radical (unpaired) electrons. The van der Waals surface area contributed by atoms with Gasteiger partial charge in [-0.2, -0.15) is 0 Å². The van der Waals surface area contributed by atoms with Crippen LogP contribution in [0.5, 0.6) is 0 Å². The zero-order chi connectivity index (χ0) is 15.5. The molecule has 2 N–H and O–H groups in total. The van der Waals surface area contributed by atoms with Gasteiger partial charge in [-0.05, 0) is 43.2 Å². The van der Waals surface area contributed by atoms with Crippen LogP contribution in [-0.2, 0) is 0 Å². The topological polar surface area (TPSA) is 57.5 Å². The van der Waals surface area contributed by atoms with Crippen LogP contribution in [0, 0.1) is 0 Å². The lowest BCUT2D eigenvalue weighted by atomic mass is 10.2. The molecular formula is C16H18ClN3O2. The Balaban J connectivity index is 1.85. The largest absolute Gasteiger partial charge is 0.394 e. The number of hydrogen-bond donors (Lipinski definition) is 2. The molecule has 3 rings (SSSR count). The lowest BCUT2D eigenvalue weighted by molar-refractivity contribution is 0.166. The Morgan fingerprint density at radius 3 is 2.86 bits per heavy atom. The molecule has 0 bridgehead atoms. The van der Waals surface area contributed by atoms with Gasteiger partial charge in [-0.3, -0.25) is 0 Å². The summed E-state index contributed by atoms with van der Waals surface area (Å²) in [5.41, 5.74) is 1.50. The second-order valence-electron chi connectivity index (χ2n) is 5.35. The van der Waals surface area contributed by atoms with E-state index in [1.54, 1.807) is 17.0 Å². The average Bonchev–Trinajstić information content (AvgIpc) is 3.19. The number of aliphatic hydroxyl groups excluding tert-OH is 1.